The summed E-state index contributed by atoms with van der Waals surface area (Å²) in [6.07, 6.45) is -4.84. The number of carbonyl (C=O) groups is 1. The molecule has 0 saturated heterocycles. The van der Waals surface area contributed by atoms with Gasteiger partial charge in [0.2, 0.25) is 0 Å². The molecular weight excluding hydrogens is 272 g/mol. The van der Waals surface area contributed by atoms with Crippen LogP contribution in [0.1, 0.15) is 10.4 Å². The minimum Gasteiger partial charge on any atom is -0.284 e. The largest absolute Gasteiger partial charge is 0.454 e. The van der Waals surface area contributed by atoms with Crippen LogP contribution >= 0.6 is 8.58 Å². The summed E-state index contributed by atoms with van der Waals surface area (Å²) in [5.41, 5.74) is -0.266. The Balaban J connectivity index is 2.35. The number of rotatable bonds is 3. The van der Waals surface area contributed by atoms with Crippen molar-refractivity contribution in [3.63, 3.8) is 0 Å². The highest BCUT2D eigenvalue weighted by Gasteiger charge is 2.40. The maximum absolute atomic E-state index is 12.5. The van der Waals surface area contributed by atoms with Gasteiger partial charge >= 0.3 is 6.18 Å². The molecule has 0 aliphatic rings. The van der Waals surface area contributed by atoms with Crippen LogP contribution in [0.25, 0.3) is 0 Å². The van der Waals surface area contributed by atoms with Gasteiger partial charge in [-0.2, -0.15) is 13.2 Å². The minimum atomic E-state index is -4.84. The smallest absolute Gasteiger partial charge is 0.284 e. The molecule has 2 aromatic rings. The van der Waals surface area contributed by atoms with Crippen LogP contribution < -0.4 is 10.6 Å². The second-order valence-corrected chi connectivity index (χ2v) is 5.23. The van der Waals surface area contributed by atoms with Crippen LogP contribution in [0.4, 0.5) is 13.2 Å². The van der Waals surface area contributed by atoms with Gasteiger partial charge in [-0.3, -0.25) is 4.79 Å². The summed E-state index contributed by atoms with van der Waals surface area (Å²) in [5.74, 6) is -1.79. The Labute approximate surface area is 110 Å². The third kappa shape index (κ3) is 3.42. The van der Waals surface area contributed by atoms with Crippen molar-refractivity contribution in [1.82, 2.24) is 0 Å². The molecule has 1 nitrogen and oxygen atoms in total. The van der Waals surface area contributed by atoms with E-state index in [-0.39, 0.29) is 14.1 Å². The molecule has 1 atom stereocenters. The Bertz CT molecular complexity index is 579. The molecule has 0 spiro atoms. The molecule has 1 unspecified atom stereocenters. The molecule has 0 saturated carbocycles. The SMILES string of the molecule is O=C(c1ccccc1Pc1ccccc1)C(F)(F)F. The highest BCUT2D eigenvalue weighted by molar-refractivity contribution is 7.55. The van der Waals surface area contributed by atoms with Crippen LogP contribution in [0, 0.1) is 0 Å². The van der Waals surface area contributed by atoms with Gasteiger partial charge in [0, 0.05) is 5.56 Å². The van der Waals surface area contributed by atoms with E-state index >= 15 is 0 Å². The molecule has 19 heavy (non-hydrogen) atoms. The van der Waals surface area contributed by atoms with Gasteiger partial charge in [0.05, 0.1) is 0 Å². The lowest BCUT2D eigenvalue weighted by atomic mass is 10.1. The molecule has 0 amide bonds. The average molecular weight is 282 g/mol. The average Bonchev–Trinajstić information content (AvgIpc) is 2.39. The highest BCUT2D eigenvalue weighted by atomic mass is 31.1. The number of halogens is 3. The number of hydrogen-bond acceptors (Lipinski definition) is 1. The molecule has 0 radical (unpaired) electrons. The van der Waals surface area contributed by atoms with Crippen molar-refractivity contribution in [2.45, 2.75) is 6.18 Å². The Morgan fingerprint density at radius 2 is 1.47 bits per heavy atom. The fourth-order valence-electron chi connectivity index (χ4n) is 1.62. The first-order valence-corrected chi connectivity index (χ1v) is 6.51. The number of carbonyl (C=O) groups excluding carboxylic acids is 1. The summed E-state index contributed by atoms with van der Waals surface area (Å²) in [6, 6.07) is 15.0. The van der Waals surface area contributed by atoms with E-state index in [0.29, 0.717) is 5.30 Å². The molecule has 0 N–H and O–H groups in total. The van der Waals surface area contributed by atoms with Gasteiger partial charge in [-0.25, -0.2) is 0 Å². The number of benzene rings is 2. The fraction of sp³-hybridized carbons (Fsp3) is 0.0714. The molecule has 0 aromatic heterocycles. The van der Waals surface area contributed by atoms with Crippen molar-refractivity contribution in [3.05, 3.63) is 60.2 Å². The summed E-state index contributed by atoms with van der Waals surface area (Å²) in [7, 11) is 0.0266. The predicted molar refractivity (Wildman–Crippen MR) is 70.9 cm³/mol. The van der Waals surface area contributed by atoms with Crippen LogP contribution in [-0.2, 0) is 0 Å². The molecule has 2 aromatic carbocycles. The molecule has 2 rings (SSSR count). The normalized spacial score (nSPS) is 11.9. The zero-order valence-electron chi connectivity index (χ0n) is 9.74. The van der Waals surface area contributed by atoms with Gasteiger partial charge in [-0.05, 0) is 10.6 Å². The second kappa shape index (κ2) is 5.54. The van der Waals surface area contributed by atoms with E-state index in [1.807, 2.05) is 30.3 Å². The Kier molecular flexibility index (Phi) is 4.01. The van der Waals surface area contributed by atoms with E-state index in [4.69, 9.17) is 0 Å². The summed E-state index contributed by atoms with van der Waals surface area (Å²) in [6.45, 7) is 0. The first kappa shape index (κ1) is 13.8. The molecular formula is C14H10F3OP. The second-order valence-electron chi connectivity index (χ2n) is 3.86. The van der Waals surface area contributed by atoms with Gasteiger partial charge in [-0.1, -0.05) is 63.2 Å². The van der Waals surface area contributed by atoms with Crippen molar-refractivity contribution in [2.75, 3.05) is 0 Å². The first-order valence-electron chi connectivity index (χ1n) is 5.51. The lowest BCUT2D eigenvalue weighted by molar-refractivity contribution is -0.0884. The van der Waals surface area contributed by atoms with E-state index in [1.165, 1.54) is 12.1 Å². The Hall–Kier alpha value is -1.67. The summed E-state index contributed by atoms with van der Waals surface area (Å²) in [5, 5.41) is 1.31. The van der Waals surface area contributed by atoms with E-state index in [2.05, 4.69) is 0 Å². The van der Waals surface area contributed by atoms with Crippen molar-refractivity contribution in [2.24, 2.45) is 0 Å². The monoisotopic (exact) mass is 282 g/mol. The van der Waals surface area contributed by atoms with Crippen LogP contribution in [0.15, 0.2) is 54.6 Å². The van der Waals surface area contributed by atoms with Gasteiger partial charge in [-0.15, -0.1) is 0 Å². The van der Waals surface area contributed by atoms with E-state index in [9.17, 15) is 18.0 Å². The maximum Gasteiger partial charge on any atom is 0.454 e. The zero-order chi connectivity index (χ0) is 13.9. The van der Waals surface area contributed by atoms with Crippen LogP contribution in [0.3, 0.4) is 0 Å². The zero-order valence-corrected chi connectivity index (χ0v) is 10.7. The van der Waals surface area contributed by atoms with Crippen molar-refractivity contribution < 1.29 is 18.0 Å². The molecule has 0 aliphatic carbocycles. The van der Waals surface area contributed by atoms with E-state index in [1.54, 1.807) is 12.1 Å². The number of alkyl halides is 3. The molecule has 0 fully saturated rings. The van der Waals surface area contributed by atoms with Crippen LogP contribution in [0.5, 0.6) is 0 Å². The standard InChI is InChI=1S/C14H10F3OP/c15-14(16,17)13(18)11-8-4-5-9-12(11)19-10-6-2-1-3-7-10/h1-9,19H. The first-order chi connectivity index (χ1) is 8.98. The topological polar surface area (TPSA) is 17.1 Å². The fourth-order valence-corrected chi connectivity index (χ4v) is 2.80. The Morgan fingerprint density at radius 3 is 2.11 bits per heavy atom. The molecule has 0 aliphatic heterocycles. The third-order valence-electron chi connectivity index (χ3n) is 2.48. The summed E-state index contributed by atoms with van der Waals surface area (Å²) >= 11 is 0. The van der Waals surface area contributed by atoms with E-state index in [0.717, 1.165) is 5.30 Å². The van der Waals surface area contributed by atoms with Crippen LogP contribution in [0.2, 0.25) is 0 Å². The van der Waals surface area contributed by atoms with Crippen LogP contribution in [-0.4, -0.2) is 12.0 Å². The number of ketones is 1. The van der Waals surface area contributed by atoms with Gasteiger partial charge in [0.15, 0.2) is 0 Å². The van der Waals surface area contributed by atoms with Gasteiger partial charge in [0.1, 0.15) is 0 Å². The van der Waals surface area contributed by atoms with Crippen molar-refractivity contribution in [1.29, 1.82) is 0 Å². The van der Waals surface area contributed by atoms with Gasteiger partial charge < -0.3 is 0 Å². The van der Waals surface area contributed by atoms with Crippen molar-refractivity contribution >= 4 is 25.0 Å². The van der Waals surface area contributed by atoms with Crippen molar-refractivity contribution in [3.8, 4) is 0 Å². The molecule has 98 valence electrons. The Morgan fingerprint density at radius 1 is 0.895 bits per heavy atom. The summed E-state index contributed by atoms with van der Waals surface area (Å²) < 4.78 is 37.5. The predicted octanol–water partition coefficient (Wildman–Crippen LogP) is 3.06. The minimum absolute atomic E-state index is 0.0266. The molecule has 5 heteroatoms. The third-order valence-corrected chi connectivity index (χ3v) is 3.81. The highest BCUT2D eigenvalue weighted by Crippen LogP contribution is 2.23. The number of hydrogen-bond donors (Lipinski definition) is 0. The summed E-state index contributed by atoms with van der Waals surface area (Å²) in [4.78, 5) is 11.4. The lowest BCUT2D eigenvalue weighted by Crippen LogP contribution is -2.27. The number of Topliss-reactive ketones (excluding diaryl/α,β-unsaturated/α-hetero) is 1. The van der Waals surface area contributed by atoms with Gasteiger partial charge in [0.25, 0.3) is 5.78 Å². The lowest BCUT2D eigenvalue weighted by Gasteiger charge is -2.10. The maximum atomic E-state index is 12.5. The molecule has 0 heterocycles. The van der Waals surface area contributed by atoms with E-state index < -0.39 is 12.0 Å². The quantitative estimate of drug-likeness (QED) is 0.624. The molecule has 0 bridgehead atoms.